The average molecular weight is 563 g/mol. The third-order valence-electron chi connectivity index (χ3n) is 8.28. The number of fused-ring (bicyclic) bond motifs is 1. The summed E-state index contributed by atoms with van der Waals surface area (Å²) in [6.45, 7) is 4.18. The van der Waals surface area contributed by atoms with Crippen molar-refractivity contribution in [2.24, 2.45) is 17.8 Å². The second-order valence-electron chi connectivity index (χ2n) is 11.0. The Morgan fingerprint density at radius 3 is 2.29 bits per heavy atom. The van der Waals surface area contributed by atoms with Crippen LogP contribution in [0, 0.1) is 17.8 Å². The van der Waals surface area contributed by atoms with Gasteiger partial charge >= 0.3 is 11.7 Å². The zero-order valence-corrected chi connectivity index (χ0v) is 23.5. The van der Waals surface area contributed by atoms with Crippen LogP contribution < -0.4 is 21.9 Å². The van der Waals surface area contributed by atoms with Crippen molar-refractivity contribution < 1.29 is 19.5 Å². The fourth-order valence-electron chi connectivity index (χ4n) is 5.52. The van der Waals surface area contributed by atoms with Gasteiger partial charge in [-0.25, -0.2) is 9.36 Å². The zero-order valence-electron chi connectivity index (χ0n) is 23.5. The molecule has 2 aromatic carbocycles. The maximum atomic E-state index is 13.9. The van der Waals surface area contributed by atoms with Crippen molar-refractivity contribution in [2.45, 2.75) is 64.5 Å². The van der Waals surface area contributed by atoms with Crippen LogP contribution in [0.3, 0.4) is 0 Å². The number of carboxylic acid groups (broad SMARTS) is 1. The van der Waals surface area contributed by atoms with Gasteiger partial charge in [-0.2, -0.15) is 0 Å². The molecule has 1 saturated carbocycles. The first-order valence-electron chi connectivity index (χ1n) is 14.3. The summed E-state index contributed by atoms with van der Waals surface area (Å²) in [5.41, 5.74) is -0.145. The lowest BCUT2D eigenvalue weighted by Crippen LogP contribution is -2.54. The maximum Gasteiger partial charge on any atom is 0.329 e. The van der Waals surface area contributed by atoms with Crippen LogP contribution in [0.1, 0.15) is 57.6 Å². The molecule has 4 rings (SSSR count). The first-order valence-corrected chi connectivity index (χ1v) is 14.3. The Balaban J connectivity index is 1.57. The summed E-state index contributed by atoms with van der Waals surface area (Å²) < 4.78 is 0.942. The number of H-pyrrole nitrogens is 1. The molecule has 0 unspecified atom stereocenters. The molecule has 3 atom stereocenters. The highest BCUT2D eigenvalue weighted by molar-refractivity contribution is 5.89. The summed E-state index contributed by atoms with van der Waals surface area (Å²) in [5.74, 6) is -2.10. The SMILES string of the molecule is CC[C@H](C)[C@@H](NC(=O)[C@@H](Cc1ccccc1)n1c(=O)[nH]c2ccccc2c1=O)C(=O)NCC1CCC(C(=O)O)CC1. The number of benzene rings is 2. The van der Waals surface area contributed by atoms with Gasteiger partial charge in [-0.3, -0.25) is 19.2 Å². The molecule has 218 valence electrons. The van der Waals surface area contributed by atoms with Gasteiger partial charge in [-0.05, 0) is 55.2 Å². The molecule has 41 heavy (non-hydrogen) atoms. The minimum absolute atomic E-state index is 0.0790. The molecule has 3 aromatic rings. The summed E-state index contributed by atoms with van der Waals surface area (Å²) in [6.07, 6.45) is 3.28. The highest BCUT2D eigenvalue weighted by atomic mass is 16.4. The van der Waals surface area contributed by atoms with Gasteiger partial charge in [0.05, 0.1) is 16.8 Å². The van der Waals surface area contributed by atoms with Gasteiger partial charge in [0, 0.05) is 13.0 Å². The van der Waals surface area contributed by atoms with Crippen LogP contribution >= 0.6 is 0 Å². The molecule has 0 aliphatic heterocycles. The van der Waals surface area contributed by atoms with E-state index in [9.17, 15) is 29.1 Å². The number of nitrogens with one attached hydrogen (secondary N) is 3. The Morgan fingerprint density at radius 2 is 1.63 bits per heavy atom. The van der Waals surface area contributed by atoms with Gasteiger partial charge < -0.3 is 20.7 Å². The largest absolute Gasteiger partial charge is 0.481 e. The molecule has 0 bridgehead atoms. The predicted molar refractivity (Wildman–Crippen MR) is 155 cm³/mol. The van der Waals surface area contributed by atoms with Crippen molar-refractivity contribution >= 4 is 28.7 Å². The lowest BCUT2D eigenvalue weighted by molar-refractivity contribution is -0.143. The number of para-hydroxylation sites is 1. The van der Waals surface area contributed by atoms with E-state index >= 15 is 0 Å². The lowest BCUT2D eigenvalue weighted by Gasteiger charge is -2.29. The van der Waals surface area contributed by atoms with E-state index in [2.05, 4.69) is 15.6 Å². The van der Waals surface area contributed by atoms with E-state index in [0.717, 1.165) is 10.1 Å². The van der Waals surface area contributed by atoms with Gasteiger partial charge in [0.25, 0.3) is 5.56 Å². The van der Waals surface area contributed by atoms with Crippen LogP contribution in [0.5, 0.6) is 0 Å². The van der Waals surface area contributed by atoms with Crippen molar-refractivity contribution in [1.29, 1.82) is 0 Å². The normalized spacial score (nSPS) is 19.2. The monoisotopic (exact) mass is 562 g/mol. The maximum absolute atomic E-state index is 13.9. The summed E-state index contributed by atoms with van der Waals surface area (Å²) in [6, 6.07) is 13.7. The van der Waals surface area contributed by atoms with Crippen molar-refractivity contribution in [2.75, 3.05) is 6.54 Å². The third kappa shape index (κ3) is 7.11. The van der Waals surface area contributed by atoms with E-state index in [1.807, 2.05) is 44.2 Å². The fraction of sp³-hybridized carbons (Fsp3) is 0.452. The van der Waals surface area contributed by atoms with Crippen molar-refractivity contribution in [3.8, 4) is 0 Å². The highest BCUT2D eigenvalue weighted by Crippen LogP contribution is 2.28. The minimum Gasteiger partial charge on any atom is -0.481 e. The molecule has 10 heteroatoms. The number of hydrogen-bond acceptors (Lipinski definition) is 5. The zero-order chi connectivity index (χ0) is 29.5. The Labute approximate surface area is 238 Å². The molecule has 0 saturated heterocycles. The molecule has 0 radical (unpaired) electrons. The number of aliphatic carboxylic acids is 1. The van der Waals surface area contributed by atoms with Crippen LogP contribution in [0.25, 0.3) is 10.9 Å². The number of amides is 2. The summed E-state index contributed by atoms with van der Waals surface area (Å²) in [4.78, 5) is 67.8. The molecule has 1 aromatic heterocycles. The van der Waals surface area contributed by atoms with Gasteiger partial charge in [-0.1, -0.05) is 62.7 Å². The van der Waals surface area contributed by atoms with Crippen LogP contribution in [-0.4, -0.2) is 45.0 Å². The topological polar surface area (TPSA) is 150 Å². The fourth-order valence-corrected chi connectivity index (χ4v) is 5.52. The van der Waals surface area contributed by atoms with E-state index in [4.69, 9.17) is 0 Å². The molecular formula is C31H38N4O6. The summed E-state index contributed by atoms with van der Waals surface area (Å²) >= 11 is 0. The minimum atomic E-state index is -1.19. The number of aromatic amines is 1. The van der Waals surface area contributed by atoms with E-state index < -0.39 is 35.2 Å². The number of aromatic nitrogens is 2. The highest BCUT2D eigenvalue weighted by Gasteiger charge is 2.33. The Hall–Kier alpha value is -4.21. The van der Waals surface area contributed by atoms with Crippen molar-refractivity contribution in [1.82, 2.24) is 20.2 Å². The molecule has 1 heterocycles. The first kappa shape index (κ1) is 29.8. The number of carbonyl (C=O) groups is 3. The number of carbonyl (C=O) groups excluding carboxylic acids is 2. The molecule has 0 spiro atoms. The first-order chi connectivity index (χ1) is 19.7. The van der Waals surface area contributed by atoms with Crippen LogP contribution in [0.15, 0.2) is 64.2 Å². The average Bonchev–Trinajstić information content (AvgIpc) is 2.98. The van der Waals surface area contributed by atoms with Crippen LogP contribution in [0.2, 0.25) is 0 Å². The van der Waals surface area contributed by atoms with E-state index in [1.54, 1.807) is 24.3 Å². The van der Waals surface area contributed by atoms with Gasteiger partial charge in [0.1, 0.15) is 12.1 Å². The van der Waals surface area contributed by atoms with Gasteiger partial charge in [0.2, 0.25) is 11.8 Å². The van der Waals surface area contributed by atoms with Crippen molar-refractivity contribution in [3.63, 3.8) is 0 Å². The van der Waals surface area contributed by atoms with Crippen LogP contribution in [0.4, 0.5) is 0 Å². The molecular weight excluding hydrogens is 524 g/mol. The lowest BCUT2D eigenvalue weighted by atomic mass is 9.82. The third-order valence-corrected chi connectivity index (χ3v) is 8.28. The molecule has 2 amide bonds. The van der Waals surface area contributed by atoms with Gasteiger partial charge in [-0.15, -0.1) is 0 Å². The second kappa shape index (κ2) is 13.4. The molecule has 1 fully saturated rings. The molecule has 4 N–H and O–H groups in total. The van der Waals surface area contributed by atoms with Crippen molar-refractivity contribution in [3.05, 3.63) is 81.0 Å². The number of carboxylic acids is 1. The van der Waals surface area contributed by atoms with E-state index in [0.29, 0.717) is 44.2 Å². The van der Waals surface area contributed by atoms with E-state index in [1.165, 1.54) is 0 Å². The summed E-state index contributed by atoms with van der Waals surface area (Å²) in [5, 5.41) is 15.3. The number of hydrogen-bond donors (Lipinski definition) is 4. The van der Waals surface area contributed by atoms with E-state index in [-0.39, 0.29) is 35.5 Å². The molecule has 1 aliphatic carbocycles. The standard InChI is InChI=1S/C31H38N4O6/c1-3-19(2)26(28(37)32-18-21-13-15-22(16-14-21)30(39)40)34-27(36)25(17-20-9-5-4-6-10-20)35-29(38)23-11-7-8-12-24(23)33-31(35)41/h4-12,19,21-22,25-26H,3,13-18H2,1-2H3,(H,32,37)(H,33,41)(H,34,36)(H,39,40)/t19-,21?,22?,25+,26+/m0/s1. The Bertz CT molecular complexity index is 1490. The smallest absolute Gasteiger partial charge is 0.329 e. The Morgan fingerprint density at radius 1 is 0.976 bits per heavy atom. The quantitative estimate of drug-likeness (QED) is 0.282. The molecule has 10 nitrogen and oxygen atoms in total. The summed E-state index contributed by atoms with van der Waals surface area (Å²) in [7, 11) is 0. The van der Waals surface area contributed by atoms with Crippen LogP contribution in [-0.2, 0) is 20.8 Å². The van der Waals surface area contributed by atoms with Gasteiger partial charge in [0.15, 0.2) is 0 Å². The predicted octanol–water partition coefficient (Wildman–Crippen LogP) is 3.01. The number of nitrogens with zero attached hydrogens (tertiary/aromatic N) is 1. The number of rotatable bonds is 11. The Kier molecular flexibility index (Phi) is 9.75. The second-order valence-corrected chi connectivity index (χ2v) is 11.0. The molecule has 1 aliphatic rings.